The topological polar surface area (TPSA) is 106 Å². The lowest BCUT2D eigenvalue weighted by molar-refractivity contribution is -0.144. The van der Waals surface area contributed by atoms with Gasteiger partial charge in [-0.2, -0.15) is 5.26 Å². The van der Waals surface area contributed by atoms with Gasteiger partial charge in [0.15, 0.2) is 5.41 Å². The first-order valence-corrected chi connectivity index (χ1v) is 8.83. The van der Waals surface area contributed by atoms with Gasteiger partial charge in [0.1, 0.15) is 17.4 Å². The molecule has 0 saturated heterocycles. The molecule has 7 nitrogen and oxygen atoms in total. The van der Waals surface area contributed by atoms with Gasteiger partial charge in [-0.15, -0.1) is 6.58 Å². The van der Waals surface area contributed by atoms with Crippen LogP contribution >= 0.6 is 0 Å². The summed E-state index contributed by atoms with van der Waals surface area (Å²) in [4.78, 5) is 28.2. The van der Waals surface area contributed by atoms with Gasteiger partial charge in [0.25, 0.3) is 0 Å². The van der Waals surface area contributed by atoms with Gasteiger partial charge in [-0.25, -0.2) is 4.79 Å². The lowest BCUT2D eigenvalue weighted by Gasteiger charge is -2.35. The smallest absolute Gasteiger partial charge is 0.337 e. The summed E-state index contributed by atoms with van der Waals surface area (Å²) in [5, 5.41) is 9.88. The molecule has 0 saturated carbocycles. The normalized spacial score (nSPS) is 21.0. The molecule has 0 unspecified atom stereocenters. The number of para-hydroxylation sites is 1. The molecule has 0 bridgehead atoms. The molecule has 1 aromatic carbocycles. The van der Waals surface area contributed by atoms with Gasteiger partial charge in [-0.3, -0.25) is 4.79 Å². The Hall–Kier alpha value is -3.53. The number of ether oxygens (including phenoxy) is 2. The number of carbonyl (C=O) groups excluding carboxylic acids is 2. The average molecular weight is 379 g/mol. The fourth-order valence-corrected chi connectivity index (χ4v) is 3.77. The van der Waals surface area contributed by atoms with Gasteiger partial charge in [-0.1, -0.05) is 24.3 Å². The van der Waals surface area contributed by atoms with Crippen molar-refractivity contribution in [3.8, 4) is 11.8 Å². The summed E-state index contributed by atoms with van der Waals surface area (Å²) in [6.07, 6.45) is 1.14. The van der Waals surface area contributed by atoms with E-state index in [1.54, 1.807) is 51.1 Å². The molecule has 2 aliphatic rings. The number of nitriles is 1. The Morgan fingerprint density at radius 1 is 1.46 bits per heavy atom. The minimum absolute atomic E-state index is 0.0725. The lowest BCUT2D eigenvalue weighted by Crippen LogP contribution is -2.47. The second-order valence-electron chi connectivity index (χ2n) is 6.82. The number of allylic oxidation sites excluding steroid dienone is 1. The minimum Gasteiger partial charge on any atom is -0.460 e. The van der Waals surface area contributed by atoms with Crippen molar-refractivity contribution in [2.24, 2.45) is 5.73 Å². The maximum atomic E-state index is 13.7. The van der Waals surface area contributed by atoms with Crippen molar-refractivity contribution in [3.05, 3.63) is 65.2 Å². The fraction of sp³-hybridized carbons (Fsp3) is 0.286. The highest BCUT2D eigenvalue weighted by Crippen LogP contribution is 2.53. The first-order chi connectivity index (χ1) is 13.3. The van der Waals surface area contributed by atoms with E-state index in [4.69, 9.17) is 15.2 Å². The predicted molar refractivity (Wildman–Crippen MR) is 101 cm³/mol. The number of carbonyl (C=O) groups is 2. The van der Waals surface area contributed by atoms with Crippen LogP contribution in [0.4, 0.5) is 0 Å². The molecule has 1 amide bonds. The zero-order valence-electron chi connectivity index (χ0n) is 16.0. The highest BCUT2D eigenvalue weighted by atomic mass is 16.5. The molecular weight excluding hydrogens is 358 g/mol. The first-order valence-electron chi connectivity index (χ1n) is 8.83. The van der Waals surface area contributed by atoms with Crippen LogP contribution in [-0.2, 0) is 19.7 Å². The quantitative estimate of drug-likeness (QED) is 0.635. The zero-order chi connectivity index (χ0) is 20.6. The van der Waals surface area contributed by atoms with Gasteiger partial charge in [0, 0.05) is 17.8 Å². The van der Waals surface area contributed by atoms with E-state index < -0.39 is 23.4 Å². The Kier molecular flexibility index (Phi) is 4.73. The van der Waals surface area contributed by atoms with Crippen LogP contribution in [0.1, 0.15) is 26.3 Å². The highest BCUT2D eigenvalue weighted by molar-refractivity contribution is 6.12. The number of esters is 1. The van der Waals surface area contributed by atoms with Gasteiger partial charge in [0.2, 0.25) is 11.8 Å². The van der Waals surface area contributed by atoms with Crippen molar-refractivity contribution in [2.75, 3.05) is 6.54 Å². The molecule has 0 aliphatic carbocycles. The first kappa shape index (κ1) is 19.2. The van der Waals surface area contributed by atoms with Crippen LogP contribution in [0.15, 0.2) is 59.6 Å². The maximum Gasteiger partial charge on any atom is 0.337 e. The number of fused-ring (bicyclic) bond motifs is 2. The SMILES string of the molecule is C=CCN1C(=O)[C@@]2(C(C#N)=C(N)Oc3ccccc32)C(C(=O)OC(C)C)=C1C. The minimum atomic E-state index is -1.72. The third kappa shape index (κ3) is 2.49. The lowest BCUT2D eigenvalue weighted by atomic mass is 9.68. The maximum absolute atomic E-state index is 13.7. The Bertz CT molecular complexity index is 984. The van der Waals surface area contributed by atoms with Crippen molar-refractivity contribution in [1.82, 2.24) is 4.90 Å². The molecule has 28 heavy (non-hydrogen) atoms. The van der Waals surface area contributed by atoms with Crippen molar-refractivity contribution < 1.29 is 19.1 Å². The summed E-state index contributed by atoms with van der Waals surface area (Å²) in [5.41, 5.74) is 5.03. The van der Waals surface area contributed by atoms with Crippen molar-refractivity contribution in [3.63, 3.8) is 0 Å². The average Bonchev–Trinajstić information content (AvgIpc) is 2.84. The molecule has 144 valence electrons. The molecule has 0 radical (unpaired) electrons. The van der Waals surface area contributed by atoms with Crippen LogP contribution in [0.2, 0.25) is 0 Å². The van der Waals surface area contributed by atoms with Crippen LogP contribution in [0.3, 0.4) is 0 Å². The molecule has 1 spiro atoms. The van der Waals surface area contributed by atoms with E-state index >= 15 is 0 Å². The number of amides is 1. The Morgan fingerprint density at radius 3 is 2.75 bits per heavy atom. The van der Waals surface area contributed by atoms with Gasteiger partial charge in [-0.05, 0) is 26.8 Å². The second-order valence-corrected chi connectivity index (χ2v) is 6.82. The highest BCUT2D eigenvalue weighted by Gasteiger charge is 2.62. The van der Waals surface area contributed by atoms with Gasteiger partial charge < -0.3 is 20.1 Å². The van der Waals surface area contributed by atoms with Crippen molar-refractivity contribution >= 4 is 11.9 Å². The third-order valence-corrected chi connectivity index (χ3v) is 4.81. The Morgan fingerprint density at radius 2 is 2.14 bits per heavy atom. The van der Waals surface area contributed by atoms with Crippen LogP contribution < -0.4 is 10.5 Å². The van der Waals surface area contributed by atoms with E-state index in [1.165, 1.54) is 4.90 Å². The fourth-order valence-electron chi connectivity index (χ4n) is 3.77. The monoisotopic (exact) mass is 379 g/mol. The summed E-state index contributed by atoms with van der Waals surface area (Å²) in [7, 11) is 0. The van der Waals surface area contributed by atoms with Crippen molar-refractivity contribution in [2.45, 2.75) is 32.3 Å². The van der Waals surface area contributed by atoms with Crippen molar-refractivity contribution in [1.29, 1.82) is 5.26 Å². The molecule has 3 rings (SSSR count). The van der Waals surface area contributed by atoms with Crippen LogP contribution in [0.25, 0.3) is 0 Å². The summed E-state index contributed by atoms with van der Waals surface area (Å²) in [6.45, 7) is 8.94. The molecule has 2 aliphatic heterocycles. The molecule has 1 atom stereocenters. The van der Waals surface area contributed by atoms with Crippen LogP contribution in [0, 0.1) is 11.3 Å². The van der Waals surface area contributed by atoms with E-state index in [-0.39, 0.29) is 23.6 Å². The number of nitrogens with two attached hydrogens (primary N) is 1. The number of rotatable bonds is 4. The number of benzene rings is 1. The predicted octanol–water partition coefficient (Wildman–Crippen LogP) is 2.26. The molecule has 0 aromatic heterocycles. The van der Waals surface area contributed by atoms with E-state index in [0.29, 0.717) is 17.0 Å². The van der Waals surface area contributed by atoms with E-state index in [9.17, 15) is 14.9 Å². The van der Waals surface area contributed by atoms with Gasteiger partial charge in [0.05, 0.1) is 11.7 Å². The third-order valence-electron chi connectivity index (χ3n) is 4.81. The molecular formula is C21H21N3O4. The van der Waals surface area contributed by atoms with Crippen LogP contribution in [0.5, 0.6) is 5.75 Å². The number of hydrogen-bond donors (Lipinski definition) is 1. The van der Waals surface area contributed by atoms with Gasteiger partial charge >= 0.3 is 5.97 Å². The van der Waals surface area contributed by atoms with E-state index in [0.717, 1.165) is 0 Å². The van der Waals surface area contributed by atoms with Crippen LogP contribution in [-0.4, -0.2) is 29.4 Å². The second kappa shape index (κ2) is 6.89. The number of nitrogens with zero attached hydrogens (tertiary/aromatic N) is 2. The standard InChI is InChI=1S/C21H21N3O4/c1-5-10-24-13(4)17(19(25)27-12(2)3)21(20(24)26)14-8-6-7-9-16(14)28-18(23)15(21)11-22/h5-9,12H,1,10,23H2,2-4H3/t21-/m0/s1. The van der Waals surface area contributed by atoms with E-state index in [2.05, 4.69) is 6.58 Å². The summed E-state index contributed by atoms with van der Waals surface area (Å²) in [5.74, 6) is -1.03. The molecule has 7 heteroatoms. The molecule has 0 fully saturated rings. The molecule has 2 N–H and O–H groups in total. The summed E-state index contributed by atoms with van der Waals surface area (Å²) < 4.78 is 11.0. The largest absolute Gasteiger partial charge is 0.460 e. The molecule has 2 heterocycles. The Balaban J connectivity index is 2.41. The summed E-state index contributed by atoms with van der Waals surface area (Å²) >= 11 is 0. The zero-order valence-corrected chi connectivity index (χ0v) is 16.0. The van der Waals surface area contributed by atoms with E-state index in [1.807, 2.05) is 6.07 Å². The molecule has 1 aromatic rings. The Labute approximate surface area is 163 Å². The summed E-state index contributed by atoms with van der Waals surface area (Å²) in [6, 6.07) is 8.73. The number of hydrogen-bond acceptors (Lipinski definition) is 6.